The molecule has 1 saturated heterocycles. The molecular weight excluding hydrogens is 445 g/mol. The molecule has 1 aliphatic carbocycles. The maximum absolute atomic E-state index is 12.3. The number of β-amino-alcohol motifs (C(OH)–C–C–N with tert-alkyl or cyclic N) is 1. The number of aliphatic hydroxyl groups is 1. The molecule has 30 heavy (non-hydrogen) atoms. The van der Waals surface area contributed by atoms with E-state index in [0.29, 0.717) is 16.6 Å². The predicted molar refractivity (Wildman–Crippen MR) is 120 cm³/mol. The van der Waals surface area contributed by atoms with Gasteiger partial charge in [-0.1, -0.05) is 23.2 Å². The Labute approximate surface area is 187 Å². The molecule has 6 nitrogen and oxygen atoms in total. The van der Waals surface area contributed by atoms with Gasteiger partial charge in [-0.15, -0.1) is 0 Å². The van der Waals surface area contributed by atoms with Crippen molar-refractivity contribution in [3.8, 4) is 0 Å². The molecule has 162 valence electrons. The fourth-order valence-corrected chi connectivity index (χ4v) is 5.84. The number of benzene rings is 2. The maximum Gasteiger partial charge on any atom is 0.242 e. The molecule has 0 amide bonds. The Balaban J connectivity index is 1.65. The Bertz CT molecular complexity index is 1040. The first-order valence-corrected chi connectivity index (χ1v) is 12.1. The predicted octanol–water partition coefficient (Wildman–Crippen LogP) is 3.39. The zero-order valence-corrected chi connectivity index (χ0v) is 19.2. The van der Waals surface area contributed by atoms with E-state index in [0.717, 1.165) is 36.2 Å². The average molecular weight is 470 g/mol. The van der Waals surface area contributed by atoms with Crippen molar-refractivity contribution in [1.29, 1.82) is 0 Å². The minimum atomic E-state index is -3.48. The fourth-order valence-electron chi connectivity index (χ4n) is 4.35. The highest BCUT2D eigenvalue weighted by Gasteiger charge is 2.40. The van der Waals surface area contributed by atoms with Crippen molar-refractivity contribution in [3.05, 3.63) is 57.6 Å². The number of halogens is 2. The molecule has 1 heterocycles. The number of aliphatic hydroxyl groups excluding tert-OH is 1. The highest BCUT2D eigenvalue weighted by atomic mass is 35.5. The third kappa shape index (κ3) is 4.07. The standard InChI is InChI=1S/C21H25Cl2N3O3S/c1-25(2)30(28,29)16-5-3-14(4-6-16)24-21-18-9-13(22)10-19(23)17(18)11-20(21)26-8-7-15(27)12-26/h3-6,9-10,15,20-21,24,27H,7-8,11-12H2,1-2H3/t15?,20-,21-/m0/s1. The molecular formula is C21H25Cl2N3O3S. The van der Waals surface area contributed by atoms with Crippen LogP contribution in [-0.2, 0) is 16.4 Å². The molecule has 1 aliphatic heterocycles. The van der Waals surface area contributed by atoms with Crippen LogP contribution in [0.25, 0.3) is 0 Å². The van der Waals surface area contributed by atoms with Crippen LogP contribution in [0.3, 0.4) is 0 Å². The summed E-state index contributed by atoms with van der Waals surface area (Å²) < 4.78 is 25.9. The number of rotatable bonds is 5. The normalized spacial score (nSPS) is 24.4. The minimum Gasteiger partial charge on any atom is -0.392 e. The number of anilines is 1. The van der Waals surface area contributed by atoms with Crippen LogP contribution >= 0.6 is 23.2 Å². The Morgan fingerprint density at radius 1 is 1.17 bits per heavy atom. The van der Waals surface area contributed by atoms with Crippen LogP contribution in [0.5, 0.6) is 0 Å². The third-order valence-corrected chi connectivity index (χ3v) is 8.33. The zero-order valence-electron chi connectivity index (χ0n) is 16.8. The van der Waals surface area contributed by atoms with E-state index in [9.17, 15) is 13.5 Å². The van der Waals surface area contributed by atoms with E-state index in [2.05, 4.69) is 10.2 Å². The second-order valence-electron chi connectivity index (χ2n) is 8.10. The average Bonchev–Trinajstić information content (AvgIpc) is 3.26. The van der Waals surface area contributed by atoms with Crippen molar-refractivity contribution in [3.63, 3.8) is 0 Å². The van der Waals surface area contributed by atoms with Gasteiger partial charge in [0.2, 0.25) is 10.0 Å². The summed E-state index contributed by atoms with van der Waals surface area (Å²) in [4.78, 5) is 2.53. The first-order chi connectivity index (χ1) is 14.2. The summed E-state index contributed by atoms with van der Waals surface area (Å²) in [6, 6.07) is 10.5. The zero-order chi connectivity index (χ0) is 21.6. The first-order valence-electron chi connectivity index (χ1n) is 9.86. The Hall–Kier alpha value is -1.35. The molecule has 0 spiro atoms. The summed E-state index contributed by atoms with van der Waals surface area (Å²) in [7, 11) is -0.449. The van der Waals surface area contributed by atoms with E-state index >= 15 is 0 Å². The molecule has 2 aliphatic rings. The van der Waals surface area contributed by atoms with Crippen molar-refractivity contribution >= 4 is 38.9 Å². The molecule has 2 N–H and O–H groups in total. The smallest absolute Gasteiger partial charge is 0.242 e. The molecule has 3 atom stereocenters. The number of likely N-dealkylation sites (tertiary alicyclic amines) is 1. The van der Waals surface area contributed by atoms with E-state index in [1.807, 2.05) is 6.07 Å². The van der Waals surface area contributed by atoms with Crippen LogP contribution in [-0.4, -0.2) is 62.1 Å². The SMILES string of the molecule is CN(C)S(=O)(=O)c1ccc(N[C@H]2c3cc(Cl)cc(Cl)c3C[C@@H]2N2CCC(O)C2)cc1. The lowest BCUT2D eigenvalue weighted by Crippen LogP contribution is -2.39. The molecule has 2 aromatic rings. The first kappa shape index (κ1) is 21.9. The van der Waals surface area contributed by atoms with Gasteiger partial charge in [0.25, 0.3) is 0 Å². The quantitative estimate of drug-likeness (QED) is 0.701. The highest BCUT2D eigenvalue weighted by Crippen LogP contribution is 2.42. The number of fused-ring (bicyclic) bond motifs is 1. The van der Waals surface area contributed by atoms with Crippen molar-refractivity contribution < 1.29 is 13.5 Å². The molecule has 0 aromatic heterocycles. The van der Waals surface area contributed by atoms with Crippen molar-refractivity contribution in [2.75, 3.05) is 32.5 Å². The van der Waals surface area contributed by atoms with Gasteiger partial charge in [-0.25, -0.2) is 12.7 Å². The van der Waals surface area contributed by atoms with Crippen LogP contribution in [0.2, 0.25) is 10.0 Å². The van der Waals surface area contributed by atoms with Gasteiger partial charge in [-0.3, -0.25) is 4.90 Å². The largest absolute Gasteiger partial charge is 0.392 e. The van der Waals surface area contributed by atoms with Gasteiger partial charge < -0.3 is 10.4 Å². The monoisotopic (exact) mass is 469 g/mol. The van der Waals surface area contributed by atoms with Crippen LogP contribution in [0.15, 0.2) is 41.3 Å². The van der Waals surface area contributed by atoms with Gasteiger partial charge in [0, 0.05) is 49.0 Å². The molecule has 4 rings (SSSR count). The van der Waals surface area contributed by atoms with Crippen LogP contribution < -0.4 is 5.32 Å². The van der Waals surface area contributed by atoms with Gasteiger partial charge in [0.1, 0.15) is 0 Å². The molecule has 0 bridgehead atoms. The second-order valence-corrected chi connectivity index (χ2v) is 11.1. The molecule has 1 unspecified atom stereocenters. The Morgan fingerprint density at radius 2 is 1.87 bits per heavy atom. The molecule has 0 saturated carbocycles. The third-order valence-electron chi connectivity index (χ3n) is 5.95. The minimum absolute atomic E-state index is 0.0715. The lowest BCUT2D eigenvalue weighted by Gasteiger charge is -2.31. The topological polar surface area (TPSA) is 72.9 Å². The summed E-state index contributed by atoms with van der Waals surface area (Å²) in [5.41, 5.74) is 2.92. The molecule has 2 aromatic carbocycles. The number of hydrogen-bond donors (Lipinski definition) is 2. The number of nitrogens with zero attached hydrogens (tertiary/aromatic N) is 2. The molecule has 1 fully saturated rings. The molecule has 0 radical (unpaired) electrons. The van der Waals surface area contributed by atoms with E-state index in [1.165, 1.54) is 18.4 Å². The van der Waals surface area contributed by atoms with Gasteiger partial charge in [-0.2, -0.15) is 0 Å². The second kappa shape index (κ2) is 8.30. The van der Waals surface area contributed by atoms with Crippen molar-refractivity contribution in [2.24, 2.45) is 0 Å². The van der Waals surface area contributed by atoms with E-state index in [-0.39, 0.29) is 23.1 Å². The van der Waals surface area contributed by atoms with E-state index in [4.69, 9.17) is 23.2 Å². The maximum atomic E-state index is 12.3. The lowest BCUT2D eigenvalue weighted by atomic mass is 10.1. The van der Waals surface area contributed by atoms with Crippen LogP contribution in [0.4, 0.5) is 5.69 Å². The summed E-state index contributed by atoms with van der Waals surface area (Å²) in [5, 5.41) is 14.8. The summed E-state index contributed by atoms with van der Waals surface area (Å²) in [5.74, 6) is 0. The van der Waals surface area contributed by atoms with Crippen LogP contribution in [0.1, 0.15) is 23.6 Å². The Kier molecular flexibility index (Phi) is 6.05. The van der Waals surface area contributed by atoms with E-state index < -0.39 is 10.0 Å². The van der Waals surface area contributed by atoms with Crippen LogP contribution in [0, 0.1) is 0 Å². The Morgan fingerprint density at radius 3 is 2.47 bits per heavy atom. The summed E-state index contributed by atoms with van der Waals surface area (Å²) in [6.07, 6.45) is 1.21. The van der Waals surface area contributed by atoms with E-state index in [1.54, 1.807) is 30.3 Å². The highest BCUT2D eigenvalue weighted by molar-refractivity contribution is 7.89. The van der Waals surface area contributed by atoms with Gasteiger partial charge in [-0.05, 0) is 60.4 Å². The lowest BCUT2D eigenvalue weighted by molar-refractivity contribution is 0.155. The molecule has 9 heteroatoms. The van der Waals surface area contributed by atoms with Crippen molar-refractivity contribution in [2.45, 2.75) is 35.9 Å². The summed E-state index contributed by atoms with van der Waals surface area (Å²) in [6.45, 7) is 1.45. The number of sulfonamides is 1. The van der Waals surface area contributed by atoms with Gasteiger partial charge in [0.05, 0.1) is 17.0 Å². The summed E-state index contributed by atoms with van der Waals surface area (Å²) >= 11 is 12.8. The number of hydrogen-bond acceptors (Lipinski definition) is 5. The number of nitrogens with one attached hydrogen (secondary N) is 1. The van der Waals surface area contributed by atoms with Crippen molar-refractivity contribution in [1.82, 2.24) is 9.21 Å². The van der Waals surface area contributed by atoms with Gasteiger partial charge >= 0.3 is 0 Å². The van der Waals surface area contributed by atoms with Gasteiger partial charge in [0.15, 0.2) is 0 Å². The fraction of sp³-hybridized carbons (Fsp3) is 0.429.